The van der Waals surface area contributed by atoms with Crippen LogP contribution in [0.25, 0.3) is 0 Å². The summed E-state index contributed by atoms with van der Waals surface area (Å²) in [6, 6.07) is 12.3. The number of nitrogens with one attached hydrogen (secondary N) is 1. The number of hydrogen-bond acceptors (Lipinski definition) is 3. The van der Waals surface area contributed by atoms with Crippen molar-refractivity contribution in [2.75, 3.05) is 7.05 Å². The van der Waals surface area contributed by atoms with E-state index in [1.807, 2.05) is 31.3 Å². The number of nitrogens with zero attached hydrogens (tertiary/aromatic N) is 2. The summed E-state index contributed by atoms with van der Waals surface area (Å²) in [6.07, 6.45) is 3.33. The molecule has 0 saturated carbocycles. The van der Waals surface area contributed by atoms with Gasteiger partial charge in [0.1, 0.15) is 6.33 Å². The fraction of sp³-hybridized carbons (Fsp3) is 0.167. The summed E-state index contributed by atoms with van der Waals surface area (Å²) >= 11 is 0. The van der Waals surface area contributed by atoms with Gasteiger partial charge in [0.25, 0.3) is 0 Å². The maximum absolute atomic E-state index is 4.25. The van der Waals surface area contributed by atoms with Gasteiger partial charge in [-0.25, -0.2) is 9.97 Å². The van der Waals surface area contributed by atoms with Crippen LogP contribution in [0.3, 0.4) is 0 Å². The monoisotopic (exact) mass is 199 g/mol. The molecule has 2 aromatic rings. The van der Waals surface area contributed by atoms with Crippen molar-refractivity contribution < 1.29 is 0 Å². The molecule has 0 fully saturated rings. The Bertz CT molecular complexity index is 360. The molecule has 1 N–H and O–H groups in total. The summed E-state index contributed by atoms with van der Waals surface area (Å²) in [5, 5.41) is 3.24. The van der Waals surface area contributed by atoms with E-state index in [0.717, 1.165) is 5.69 Å². The number of rotatable bonds is 3. The molecule has 0 aliphatic carbocycles. The highest BCUT2D eigenvalue weighted by molar-refractivity contribution is 5.26. The minimum atomic E-state index is 0.134. The first-order valence-electron chi connectivity index (χ1n) is 4.90. The fourth-order valence-corrected chi connectivity index (χ4v) is 1.60. The van der Waals surface area contributed by atoms with Crippen molar-refractivity contribution in [1.82, 2.24) is 15.3 Å². The minimum absolute atomic E-state index is 0.134. The third-order valence-electron chi connectivity index (χ3n) is 2.32. The summed E-state index contributed by atoms with van der Waals surface area (Å²) in [5.41, 5.74) is 2.19. The van der Waals surface area contributed by atoms with Gasteiger partial charge in [-0.2, -0.15) is 0 Å². The Morgan fingerprint density at radius 1 is 1.13 bits per heavy atom. The zero-order chi connectivity index (χ0) is 10.5. The Hall–Kier alpha value is -1.74. The molecule has 3 nitrogen and oxygen atoms in total. The van der Waals surface area contributed by atoms with Crippen LogP contribution < -0.4 is 5.32 Å². The predicted octanol–water partition coefficient (Wildman–Crippen LogP) is 1.79. The lowest BCUT2D eigenvalue weighted by atomic mass is 10.0. The van der Waals surface area contributed by atoms with Crippen LogP contribution in [0.2, 0.25) is 0 Å². The van der Waals surface area contributed by atoms with Crippen molar-refractivity contribution in [1.29, 1.82) is 0 Å². The van der Waals surface area contributed by atoms with E-state index in [1.165, 1.54) is 5.56 Å². The maximum Gasteiger partial charge on any atom is 0.115 e. The molecule has 0 saturated heterocycles. The highest BCUT2D eigenvalue weighted by Crippen LogP contribution is 2.18. The topological polar surface area (TPSA) is 37.8 Å². The lowest BCUT2D eigenvalue weighted by Gasteiger charge is -2.15. The summed E-state index contributed by atoms with van der Waals surface area (Å²) in [5.74, 6) is 0. The molecule has 3 heteroatoms. The van der Waals surface area contributed by atoms with E-state index < -0.39 is 0 Å². The van der Waals surface area contributed by atoms with Crippen molar-refractivity contribution in [3.8, 4) is 0 Å². The fourth-order valence-electron chi connectivity index (χ4n) is 1.60. The van der Waals surface area contributed by atoms with Crippen LogP contribution in [0.15, 0.2) is 48.9 Å². The van der Waals surface area contributed by atoms with Gasteiger partial charge in [0.05, 0.1) is 11.7 Å². The van der Waals surface area contributed by atoms with Gasteiger partial charge in [0.2, 0.25) is 0 Å². The summed E-state index contributed by atoms with van der Waals surface area (Å²) < 4.78 is 0. The first kappa shape index (κ1) is 9.80. The SMILES string of the molecule is CNC(c1ccccc1)c1ccncn1. The van der Waals surface area contributed by atoms with E-state index in [2.05, 4.69) is 27.4 Å². The van der Waals surface area contributed by atoms with Crippen LogP contribution in [0.1, 0.15) is 17.3 Å². The second-order valence-corrected chi connectivity index (χ2v) is 3.27. The molecule has 0 amide bonds. The molecule has 0 spiro atoms. The second kappa shape index (κ2) is 4.66. The Balaban J connectivity index is 2.34. The average molecular weight is 199 g/mol. The van der Waals surface area contributed by atoms with Crippen LogP contribution >= 0.6 is 0 Å². The Morgan fingerprint density at radius 2 is 1.93 bits per heavy atom. The van der Waals surface area contributed by atoms with Crippen LogP contribution in [0.4, 0.5) is 0 Å². The van der Waals surface area contributed by atoms with Gasteiger partial charge in [-0.05, 0) is 18.7 Å². The van der Waals surface area contributed by atoms with Gasteiger partial charge >= 0.3 is 0 Å². The smallest absolute Gasteiger partial charge is 0.115 e. The molecule has 76 valence electrons. The molecule has 0 radical (unpaired) electrons. The number of benzene rings is 1. The van der Waals surface area contributed by atoms with Crippen LogP contribution in [0, 0.1) is 0 Å². The zero-order valence-corrected chi connectivity index (χ0v) is 8.59. The van der Waals surface area contributed by atoms with Gasteiger partial charge in [-0.1, -0.05) is 30.3 Å². The highest BCUT2D eigenvalue weighted by atomic mass is 14.9. The summed E-state index contributed by atoms with van der Waals surface area (Å²) in [6.45, 7) is 0. The first-order chi connectivity index (χ1) is 7.42. The van der Waals surface area contributed by atoms with Gasteiger partial charge in [-0.3, -0.25) is 0 Å². The third kappa shape index (κ3) is 2.19. The van der Waals surface area contributed by atoms with Crippen LogP contribution in [0.5, 0.6) is 0 Å². The molecule has 1 heterocycles. The van der Waals surface area contributed by atoms with E-state index in [4.69, 9.17) is 0 Å². The van der Waals surface area contributed by atoms with E-state index >= 15 is 0 Å². The van der Waals surface area contributed by atoms with Crippen molar-refractivity contribution in [2.45, 2.75) is 6.04 Å². The summed E-state index contributed by atoms with van der Waals surface area (Å²) in [7, 11) is 1.93. The lowest BCUT2D eigenvalue weighted by Crippen LogP contribution is -2.18. The first-order valence-corrected chi connectivity index (χ1v) is 4.90. The molecule has 0 bridgehead atoms. The molecule has 1 unspecified atom stereocenters. The van der Waals surface area contributed by atoms with Gasteiger partial charge in [-0.15, -0.1) is 0 Å². The van der Waals surface area contributed by atoms with Crippen molar-refractivity contribution in [2.24, 2.45) is 0 Å². The van der Waals surface area contributed by atoms with Crippen molar-refractivity contribution in [3.63, 3.8) is 0 Å². The van der Waals surface area contributed by atoms with Crippen LogP contribution in [-0.4, -0.2) is 17.0 Å². The van der Waals surface area contributed by atoms with Crippen molar-refractivity contribution in [3.05, 3.63) is 60.2 Å². The van der Waals surface area contributed by atoms with Gasteiger partial charge < -0.3 is 5.32 Å². The van der Waals surface area contributed by atoms with Crippen LogP contribution in [-0.2, 0) is 0 Å². The standard InChI is InChI=1S/C12H13N3/c1-13-12(10-5-3-2-4-6-10)11-7-8-14-9-15-11/h2-9,12-13H,1H3. The molecule has 1 atom stereocenters. The maximum atomic E-state index is 4.25. The molecule has 0 aliphatic rings. The molecule has 15 heavy (non-hydrogen) atoms. The number of hydrogen-bond donors (Lipinski definition) is 1. The molecule has 2 rings (SSSR count). The number of aromatic nitrogens is 2. The highest BCUT2D eigenvalue weighted by Gasteiger charge is 2.11. The molecule has 0 aliphatic heterocycles. The Kier molecular flexibility index (Phi) is 3.05. The molecular formula is C12H13N3. The predicted molar refractivity (Wildman–Crippen MR) is 59.4 cm³/mol. The quantitative estimate of drug-likeness (QED) is 0.818. The summed E-state index contributed by atoms with van der Waals surface area (Å²) in [4.78, 5) is 8.17. The Labute approximate surface area is 89.2 Å². The molecule has 1 aromatic heterocycles. The van der Waals surface area contributed by atoms with Gasteiger partial charge in [0.15, 0.2) is 0 Å². The van der Waals surface area contributed by atoms with Crippen molar-refractivity contribution >= 4 is 0 Å². The normalized spacial score (nSPS) is 12.3. The zero-order valence-electron chi connectivity index (χ0n) is 8.59. The molecular weight excluding hydrogens is 186 g/mol. The third-order valence-corrected chi connectivity index (χ3v) is 2.32. The average Bonchev–Trinajstić information content (AvgIpc) is 2.33. The Morgan fingerprint density at radius 3 is 2.53 bits per heavy atom. The van der Waals surface area contributed by atoms with E-state index in [1.54, 1.807) is 12.5 Å². The minimum Gasteiger partial charge on any atom is -0.308 e. The van der Waals surface area contributed by atoms with E-state index in [0.29, 0.717) is 0 Å². The molecule has 1 aromatic carbocycles. The van der Waals surface area contributed by atoms with Gasteiger partial charge in [0, 0.05) is 6.20 Å². The van der Waals surface area contributed by atoms with E-state index in [9.17, 15) is 0 Å². The second-order valence-electron chi connectivity index (χ2n) is 3.27. The lowest BCUT2D eigenvalue weighted by molar-refractivity contribution is 0.668. The largest absolute Gasteiger partial charge is 0.308 e. The van der Waals surface area contributed by atoms with E-state index in [-0.39, 0.29) is 6.04 Å².